The average molecular weight is 266 g/mol. The van der Waals surface area contributed by atoms with E-state index in [0.29, 0.717) is 0 Å². The third-order valence-corrected chi connectivity index (χ3v) is 3.22. The van der Waals surface area contributed by atoms with E-state index in [2.05, 4.69) is 0 Å². The standard InChI is InChI=1S/C13H15FN2O3/c14-10-4-2-1-3-8(10)5-11(13(18)19)16-7-9(15)6-12(16)17/h1-4,9,11H,5-7,15H2,(H,18,19)/t9?,11-/m1/s1. The monoisotopic (exact) mass is 266 g/mol. The topological polar surface area (TPSA) is 83.6 Å². The number of aliphatic carboxylic acids is 1. The second-order valence-electron chi connectivity index (χ2n) is 4.66. The number of carboxylic acids is 1. The van der Waals surface area contributed by atoms with Crippen molar-refractivity contribution in [2.24, 2.45) is 5.73 Å². The minimum absolute atomic E-state index is 0.0551. The van der Waals surface area contributed by atoms with Crippen LogP contribution < -0.4 is 5.73 Å². The molecule has 0 aliphatic carbocycles. The molecule has 19 heavy (non-hydrogen) atoms. The van der Waals surface area contributed by atoms with E-state index in [0.717, 1.165) is 0 Å². The number of carboxylic acid groups (broad SMARTS) is 1. The summed E-state index contributed by atoms with van der Waals surface area (Å²) in [6, 6.07) is 4.53. The zero-order valence-corrected chi connectivity index (χ0v) is 10.3. The number of halogens is 1. The molecule has 0 saturated carbocycles. The maximum atomic E-state index is 13.6. The van der Waals surface area contributed by atoms with Gasteiger partial charge in [0.15, 0.2) is 0 Å². The van der Waals surface area contributed by atoms with Crippen molar-refractivity contribution in [3.63, 3.8) is 0 Å². The van der Waals surface area contributed by atoms with Crippen LogP contribution in [0, 0.1) is 5.82 Å². The Morgan fingerprint density at radius 1 is 1.53 bits per heavy atom. The maximum absolute atomic E-state index is 13.6. The zero-order valence-electron chi connectivity index (χ0n) is 10.3. The van der Waals surface area contributed by atoms with Gasteiger partial charge < -0.3 is 15.7 Å². The van der Waals surface area contributed by atoms with E-state index in [-0.39, 0.29) is 36.9 Å². The van der Waals surface area contributed by atoms with Crippen LogP contribution in [0.25, 0.3) is 0 Å². The fraction of sp³-hybridized carbons (Fsp3) is 0.385. The van der Waals surface area contributed by atoms with Crippen LogP contribution in [0.5, 0.6) is 0 Å². The first-order chi connectivity index (χ1) is 8.99. The molecule has 1 aliphatic rings. The Labute approximate surface area is 109 Å². The van der Waals surface area contributed by atoms with Gasteiger partial charge in [-0.3, -0.25) is 4.79 Å². The molecule has 3 N–H and O–H groups in total. The Hall–Kier alpha value is -1.95. The van der Waals surface area contributed by atoms with Gasteiger partial charge in [0.1, 0.15) is 11.9 Å². The van der Waals surface area contributed by atoms with Gasteiger partial charge >= 0.3 is 5.97 Å². The van der Waals surface area contributed by atoms with Crippen LogP contribution in [-0.4, -0.2) is 40.5 Å². The van der Waals surface area contributed by atoms with Gasteiger partial charge in [0.2, 0.25) is 5.91 Å². The average Bonchev–Trinajstić information content (AvgIpc) is 2.67. The number of carbonyl (C=O) groups excluding carboxylic acids is 1. The van der Waals surface area contributed by atoms with Gasteiger partial charge in [-0.25, -0.2) is 9.18 Å². The van der Waals surface area contributed by atoms with Gasteiger partial charge in [0.25, 0.3) is 0 Å². The molecule has 1 fully saturated rings. The molecule has 102 valence electrons. The van der Waals surface area contributed by atoms with Gasteiger partial charge in [-0.05, 0) is 11.6 Å². The van der Waals surface area contributed by atoms with E-state index in [1.165, 1.54) is 23.1 Å². The normalized spacial score (nSPS) is 20.6. The summed E-state index contributed by atoms with van der Waals surface area (Å²) in [4.78, 5) is 24.2. The molecule has 0 aromatic heterocycles. The number of hydrogen-bond donors (Lipinski definition) is 2. The highest BCUT2D eigenvalue weighted by atomic mass is 19.1. The molecular weight excluding hydrogens is 251 g/mol. The largest absolute Gasteiger partial charge is 0.480 e. The van der Waals surface area contributed by atoms with Gasteiger partial charge in [-0.2, -0.15) is 0 Å². The summed E-state index contributed by atoms with van der Waals surface area (Å²) in [6.07, 6.45) is 0.0848. The molecule has 0 spiro atoms. The van der Waals surface area contributed by atoms with Crippen LogP contribution in [0.4, 0.5) is 4.39 Å². The molecule has 1 aromatic carbocycles. The number of carbonyl (C=O) groups is 2. The lowest BCUT2D eigenvalue weighted by molar-refractivity contribution is -0.148. The first-order valence-corrected chi connectivity index (χ1v) is 6.00. The highest BCUT2D eigenvalue weighted by Crippen LogP contribution is 2.18. The van der Waals surface area contributed by atoms with Crippen molar-refractivity contribution < 1.29 is 19.1 Å². The summed E-state index contributed by atoms with van der Waals surface area (Å²) in [5, 5.41) is 9.23. The summed E-state index contributed by atoms with van der Waals surface area (Å²) in [5.74, 6) is -1.91. The van der Waals surface area contributed by atoms with Gasteiger partial charge in [0, 0.05) is 25.4 Å². The molecule has 1 aromatic rings. The quantitative estimate of drug-likeness (QED) is 0.825. The van der Waals surface area contributed by atoms with Crippen molar-refractivity contribution in [3.8, 4) is 0 Å². The van der Waals surface area contributed by atoms with Gasteiger partial charge in [0.05, 0.1) is 0 Å². The van der Waals surface area contributed by atoms with Crippen LogP contribution in [0.2, 0.25) is 0 Å². The molecule has 6 heteroatoms. The van der Waals surface area contributed by atoms with E-state index >= 15 is 0 Å². The van der Waals surface area contributed by atoms with Crippen LogP contribution in [0.3, 0.4) is 0 Å². The summed E-state index contributed by atoms with van der Waals surface area (Å²) < 4.78 is 13.6. The number of hydrogen-bond acceptors (Lipinski definition) is 3. The SMILES string of the molecule is NC1CC(=O)N([C@H](Cc2ccccc2F)C(=O)O)C1. The van der Waals surface area contributed by atoms with E-state index in [9.17, 15) is 19.1 Å². The first-order valence-electron chi connectivity index (χ1n) is 6.00. The molecular formula is C13H15FN2O3. The highest BCUT2D eigenvalue weighted by molar-refractivity contribution is 5.85. The smallest absolute Gasteiger partial charge is 0.326 e. The third-order valence-electron chi connectivity index (χ3n) is 3.22. The van der Waals surface area contributed by atoms with Crippen molar-refractivity contribution in [3.05, 3.63) is 35.6 Å². The lowest BCUT2D eigenvalue weighted by atomic mass is 10.0. The fourth-order valence-corrected chi connectivity index (χ4v) is 2.26. The molecule has 1 aliphatic heterocycles. The molecule has 1 heterocycles. The van der Waals surface area contributed by atoms with E-state index in [1.807, 2.05) is 0 Å². The van der Waals surface area contributed by atoms with Crippen LogP contribution in [0.1, 0.15) is 12.0 Å². The van der Waals surface area contributed by atoms with Crippen molar-refractivity contribution in [2.75, 3.05) is 6.54 Å². The van der Waals surface area contributed by atoms with Crippen molar-refractivity contribution in [1.82, 2.24) is 4.90 Å². The third kappa shape index (κ3) is 2.90. The number of nitrogens with two attached hydrogens (primary N) is 1. The lowest BCUT2D eigenvalue weighted by Crippen LogP contribution is -2.44. The Morgan fingerprint density at radius 2 is 2.21 bits per heavy atom. The molecule has 2 atom stereocenters. The van der Waals surface area contributed by atoms with Crippen LogP contribution >= 0.6 is 0 Å². The Morgan fingerprint density at radius 3 is 2.74 bits per heavy atom. The molecule has 0 radical (unpaired) electrons. The van der Waals surface area contributed by atoms with Crippen LogP contribution in [-0.2, 0) is 16.0 Å². The summed E-state index contributed by atoms with van der Waals surface area (Å²) in [5.41, 5.74) is 5.93. The summed E-state index contributed by atoms with van der Waals surface area (Å²) >= 11 is 0. The van der Waals surface area contributed by atoms with E-state index < -0.39 is 17.8 Å². The molecule has 1 saturated heterocycles. The number of benzene rings is 1. The number of rotatable bonds is 4. The molecule has 1 amide bonds. The Balaban J connectivity index is 2.20. The summed E-state index contributed by atoms with van der Waals surface area (Å²) in [6.45, 7) is 0.199. The fourth-order valence-electron chi connectivity index (χ4n) is 2.26. The Kier molecular flexibility index (Phi) is 3.80. The number of amides is 1. The predicted octanol–water partition coefficient (Wildman–Crippen LogP) is 0.381. The first kappa shape index (κ1) is 13.5. The van der Waals surface area contributed by atoms with Crippen molar-refractivity contribution in [2.45, 2.75) is 24.9 Å². The minimum atomic E-state index is -1.15. The molecule has 0 bridgehead atoms. The number of nitrogens with zero attached hydrogens (tertiary/aromatic N) is 1. The van der Waals surface area contributed by atoms with Crippen LogP contribution in [0.15, 0.2) is 24.3 Å². The number of likely N-dealkylation sites (tertiary alicyclic amines) is 1. The molecule has 1 unspecified atom stereocenters. The van der Waals surface area contributed by atoms with Gasteiger partial charge in [-0.1, -0.05) is 18.2 Å². The Bertz CT molecular complexity index is 506. The molecule has 5 nitrogen and oxygen atoms in total. The predicted molar refractivity (Wildman–Crippen MR) is 65.8 cm³/mol. The molecule has 2 rings (SSSR count). The second kappa shape index (κ2) is 5.36. The second-order valence-corrected chi connectivity index (χ2v) is 4.66. The van der Waals surface area contributed by atoms with Crippen molar-refractivity contribution >= 4 is 11.9 Å². The lowest BCUT2D eigenvalue weighted by Gasteiger charge is -2.24. The van der Waals surface area contributed by atoms with E-state index in [1.54, 1.807) is 6.07 Å². The van der Waals surface area contributed by atoms with Crippen molar-refractivity contribution in [1.29, 1.82) is 0 Å². The van der Waals surface area contributed by atoms with E-state index in [4.69, 9.17) is 5.73 Å². The minimum Gasteiger partial charge on any atom is -0.480 e. The van der Waals surface area contributed by atoms with Gasteiger partial charge in [-0.15, -0.1) is 0 Å². The highest BCUT2D eigenvalue weighted by Gasteiger charge is 2.36. The maximum Gasteiger partial charge on any atom is 0.326 e. The summed E-state index contributed by atoms with van der Waals surface area (Å²) in [7, 11) is 0. The zero-order chi connectivity index (χ0) is 14.0.